The largest absolute Gasteiger partial charge is 0.472 e. The maximum absolute atomic E-state index is 12.6. The Labute approximate surface area is 136 Å². The van der Waals surface area contributed by atoms with Crippen molar-refractivity contribution in [2.45, 2.75) is 11.6 Å². The van der Waals surface area contributed by atoms with E-state index in [9.17, 15) is 4.79 Å². The summed E-state index contributed by atoms with van der Waals surface area (Å²) in [5.74, 6) is -0.444. The maximum atomic E-state index is 12.6. The number of ether oxygens (including phenoxy) is 2. The lowest BCUT2D eigenvalue weighted by molar-refractivity contribution is -0.150. The van der Waals surface area contributed by atoms with Gasteiger partial charge in [0.15, 0.2) is 12.5 Å². The summed E-state index contributed by atoms with van der Waals surface area (Å²) in [6.45, 7) is 0. The molecule has 1 aliphatic heterocycles. The van der Waals surface area contributed by atoms with Crippen LogP contribution < -0.4 is 0 Å². The van der Waals surface area contributed by atoms with E-state index in [1.165, 1.54) is 13.5 Å². The molecule has 1 heterocycles. The third kappa shape index (κ3) is 2.31. The van der Waals surface area contributed by atoms with Crippen LogP contribution in [0.5, 0.6) is 0 Å². The highest BCUT2D eigenvalue weighted by molar-refractivity contribution is 9.10. The Morgan fingerprint density at radius 3 is 2.50 bits per heavy atom. The van der Waals surface area contributed by atoms with Crippen molar-refractivity contribution in [2.24, 2.45) is 4.99 Å². The molecule has 2 atom stereocenters. The van der Waals surface area contributed by atoms with E-state index in [2.05, 4.69) is 20.9 Å². The lowest BCUT2D eigenvalue weighted by Crippen LogP contribution is -2.39. The highest BCUT2D eigenvalue weighted by atomic mass is 79.9. The molecule has 4 nitrogen and oxygen atoms in total. The van der Waals surface area contributed by atoms with Crippen molar-refractivity contribution in [3.05, 3.63) is 70.2 Å². The average molecular weight is 360 g/mol. The van der Waals surface area contributed by atoms with Crippen molar-refractivity contribution >= 4 is 28.3 Å². The van der Waals surface area contributed by atoms with Crippen molar-refractivity contribution in [1.82, 2.24) is 0 Å². The summed E-state index contributed by atoms with van der Waals surface area (Å²) in [7, 11) is 1.36. The molecule has 0 unspecified atom stereocenters. The molecule has 0 radical (unpaired) electrons. The first-order valence-corrected chi connectivity index (χ1v) is 7.56. The molecule has 5 heteroatoms. The fraction of sp³-hybridized carbons (Fsp3) is 0.176. The van der Waals surface area contributed by atoms with Crippen molar-refractivity contribution in [1.29, 1.82) is 0 Å². The van der Waals surface area contributed by atoms with Gasteiger partial charge in [0.25, 0.3) is 0 Å². The van der Waals surface area contributed by atoms with Crippen molar-refractivity contribution in [3.63, 3.8) is 0 Å². The molecule has 2 aromatic rings. The Kier molecular flexibility index (Phi) is 3.98. The van der Waals surface area contributed by atoms with E-state index in [0.717, 1.165) is 15.6 Å². The Hall–Kier alpha value is -2.14. The number of aliphatic imine (C=N–C) groups is 1. The van der Waals surface area contributed by atoms with Crippen LogP contribution in [0.2, 0.25) is 0 Å². The van der Waals surface area contributed by atoms with Crippen LogP contribution in [-0.4, -0.2) is 19.5 Å². The van der Waals surface area contributed by atoms with Gasteiger partial charge in [0.1, 0.15) is 0 Å². The Bertz CT molecular complexity index is 700. The Balaban J connectivity index is 2.13. The summed E-state index contributed by atoms with van der Waals surface area (Å²) in [5, 5.41) is 0. The number of nitrogens with zero attached hydrogens (tertiary/aromatic N) is 1. The Morgan fingerprint density at radius 1 is 1.18 bits per heavy atom. The first-order valence-electron chi connectivity index (χ1n) is 6.77. The normalized spacial score (nSPS) is 23.1. The van der Waals surface area contributed by atoms with Gasteiger partial charge < -0.3 is 9.47 Å². The van der Waals surface area contributed by atoms with Crippen molar-refractivity contribution in [3.8, 4) is 0 Å². The SMILES string of the molecule is COC(=O)[C@]1(c2ccccc2)N=CO[C@@H]1c1ccc(Br)cc1. The van der Waals surface area contributed by atoms with E-state index in [4.69, 9.17) is 9.47 Å². The molecular formula is C17H14BrNO3. The number of hydrogen-bond acceptors (Lipinski definition) is 4. The number of hydrogen-bond donors (Lipinski definition) is 0. The number of esters is 1. The van der Waals surface area contributed by atoms with Gasteiger partial charge in [-0.25, -0.2) is 9.79 Å². The van der Waals surface area contributed by atoms with E-state index in [-0.39, 0.29) is 0 Å². The fourth-order valence-corrected chi connectivity index (χ4v) is 2.91. The van der Waals surface area contributed by atoms with Gasteiger partial charge in [-0.15, -0.1) is 0 Å². The van der Waals surface area contributed by atoms with Crippen LogP contribution in [0.15, 0.2) is 64.1 Å². The summed E-state index contributed by atoms with van der Waals surface area (Å²) in [6, 6.07) is 17.0. The summed E-state index contributed by atoms with van der Waals surface area (Å²) < 4.78 is 11.6. The van der Waals surface area contributed by atoms with Crippen molar-refractivity contribution in [2.75, 3.05) is 7.11 Å². The molecule has 112 valence electrons. The van der Waals surface area contributed by atoms with Gasteiger partial charge in [-0.1, -0.05) is 58.4 Å². The van der Waals surface area contributed by atoms with Crippen LogP contribution in [0.25, 0.3) is 0 Å². The molecule has 0 aromatic heterocycles. The molecule has 0 N–H and O–H groups in total. The Morgan fingerprint density at radius 2 is 1.86 bits per heavy atom. The maximum Gasteiger partial charge on any atom is 0.342 e. The molecule has 0 amide bonds. The zero-order chi connectivity index (χ0) is 15.6. The number of carbonyl (C=O) groups excluding carboxylic acids is 1. The monoisotopic (exact) mass is 359 g/mol. The van der Waals surface area contributed by atoms with Crippen LogP contribution >= 0.6 is 15.9 Å². The molecule has 0 fully saturated rings. The molecule has 3 rings (SSSR count). The summed E-state index contributed by atoms with van der Waals surface area (Å²) in [4.78, 5) is 16.9. The van der Waals surface area contributed by atoms with Gasteiger partial charge in [0, 0.05) is 4.47 Å². The van der Waals surface area contributed by atoms with Crippen LogP contribution in [-0.2, 0) is 19.8 Å². The molecule has 2 aromatic carbocycles. The lowest BCUT2D eigenvalue weighted by Gasteiger charge is -2.29. The molecule has 1 aliphatic rings. The van der Waals surface area contributed by atoms with Crippen LogP contribution in [0.1, 0.15) is 17.2 Å². The minimum atomic E-state index is -1.22. The minimum Gasteiger partial charge on any atom is -0.472 e. The zero-order valence-corrected chi connectivity index (χ0v) is 13.5. The average Bonchev–Trinajstić information content (AvgIpc) is 3.01. The van der Waals surface area contributed by atoms with Gasteiger partial charge in [0.05, 0.1) is 7.11 Å². The van der Waals surface area contributed by atoms with E-state index in [1.54, 1.807) is 0 Å². The van der Waals surface area contributed by atoms with Crippen molar-refractivity contribution < 1.29 is 14.3 Å². The molecule has 0 bridgehead atoms. The van der Waals surface area contributed by atoms with Crippen LogP contribution in [0, 0.1) is 0 Å². The lowest BCUT2D eigenvalue weighted by atomic mass is 9.82. The van der Waals surface area contributed by atoms with Crippen LogP contribution in [0.4, 0.5) is 0 Å². The van der Waals surface area contributed by atoms with E-state index in [1.807, 2.05) is 54.6 Å². The summed E-state index contributed by atoms with van der Waals surface area (Å²) in [5.41, 5.74) is 0.377. The number of methoxy groups -OCH3 is 1. The predicted molar refractivity (Wildman–Crippen MR) is 86.6 cm³/mol. The number of halogens is 1. The van der Waals surface area contributed by atoms with E-state index in [0.29, 0.717) is 0 Å². The van der Waals surface area contributed by atoms with Crippen LogP contribution in [0.3, 0.4) is 0 Å². The molecular weight excluding hydrogens is 346 g/mol. The fourth-order valence-electron chi connectivity index (χ4n) is 2.65. The zero-order valence-electron chi connectivity index (χ0n) is 11.9. The third-order valence-electron chi connectivity index (χ3n) is 3.72. The summed E-state index contributed by atoms with van der Waals surface area (Å²) in [6.07, 6.45) is 0.770. The van der Waals surface area contributed by atoms with Gasteiger partial charge in [-0.3, -0.25) is 0 Å². The predicted octanol–water partition coefficient (Wildman–Crippen LogP) is 3.62. The molecule has 0 saturated heterocycles. The van der Waals surface area contributed by atoms with E-state index >= 15 is 0 Å². The highest BCUT2D eigenvalue weighted by Gasteiger charge is 2.53. The second kappa shape index (κ2) is 5.93. The number of carbonyl (C=O) groups is 1. The second-order valence-corrected chi connectivity index (χ2v) is 5.84. The summed E-state index contributed by atoms with van der Waals surface area (Å²) >= 11 is 3.41. The number of rotatable bonds is 3. The molecule has 0 saturated carbocycles. The molecule has 22 heavy (non-hydrogen) atoms. The number of benzene rings is 2. The van der Waals surface area contributed by atoms with Gasteiger partial charge >= 0.3 is 5.97 Å². The van der Waals surface area contributed by atoms with Gasteiger partial charge in [-0.2, -0.15) is 0 Å². The second-order valence-electron chi connectivity index (χ2n) is 4.93. The molecule has 0 spiro atoms. The van der Waals surface area contributed by atoms with E-state index < -0.39 is 17.6 Å². The first kappa shape index (κ1) is 14.8. The quantitative estimate of drug-likeness (QED) is 0.786. The third-order valence-corrected chi connectivity index (χ3v) is 4.24. The first-order chi connectivity index (χ1) is 10.7. The topological polar surface area (TPSA) is 47.9 Å². The smallest absolute Gasteiger partial charge is 0.342 e. The minimum absolute atomic E-state index is 0.444. The molecule has 0 aliphatic carbocycles. The highest BCUT2D eigenvalue weighted by Crippen LogP contribution is 2.45. The standard InChI is InChI=1S/C17H14BrNO3/c1-21-16(20)17(13-5-3-2-4-6-13)15(22-11-19-17)12-7-9-14(18)10-8-12/h2-11,15H,1H3/t15-,17-/m1/s1. The van der Waals surface area contributed by atoms with Gasteiger partial charge in [-0.05, 0) is 23.3 Å². The van der Waals surface area contributed by atoms with Gasteiger partial charge in [0.2, 0.25) is 5.54 Å².